The number of carbonyl (C=O) groups is 1. The largest absolute Gasteiger partial charge is 0.325 e. The van der Waals surface area contributed by atoms with E-state index in [9.17, 15) is 13.2 Å². The molecule has 37 heavy (non-hydrogen) atoms. The van der Waals surface area contributed by atoms with Crippen LogP contribution in [0, 0.1) is 6.92 Å². The predicted octanol–water partition coefficient (Wildman–Crippen LogP) is 5.05. The molecule has 8 nitrogen and oxygen atoms in total. The summed E-state index contributed by atoms with van der Waals surface area (Å²) in [6.45, 7) is 6.64. The van der Waals surface area contributed by atoms with Crippen molar-refractivity contribution < 1.29 is 13.2 Å². The van der Waals surface area contributed by atoms with Crippen LogP contribution in [-0.4, -0.2) is 51.6 Å². The molecule has 1 fully saturated rings. The monoisotopic (exact) mass is 537 g/mol. The molecule has 1 atom stereocenters. The molecule has 1 aliphatic heterocycles. The molecule has 1 saturated heterocycles. The summed E-state index contributed by atoms with van der Waals surface area (Å²) in [5.74, 6) is -0.0542. The summed E-state index contributed by atoms with van der Waals surface area (Å²) in [5, 5.41) is 13.3. The zero-order chi connectivity index (χ0) is 26.2. The number of aryl methyl sites for hydroxylation is 2. The van der Waals surface area contributed by atoms with E-state index in [1.807, 2.05) is 18.2 Å². The van der Waals surface area contributed by atoms with Crippen LogP contribution in [-0.2, 0) is 21.2 Å². The van der Waals surface area contributed by atoms with E-state index in [-0.39, 0.29) is 22.6 Å². The Kier molecular flexibility index (Phi) is 7.24. The Labute approximate surface area is 221 Å². The van der Waals surface area contributed by atoms with Crippen molar-refractivity contribution in [3.05, 3.63) is 59.7 Å². The number of hydrogen-bond donors (Lipinski definition) is 1. The van der Waals surface area contributed by atoms with Crippen LogP contribution in [0.1, 0.15) is 44.2 Å². The van der Waals surface area contributed by atoms with Crippen molar-refractivity contribution in [2.75, 3.05) is 17.6 Å². The van der Waals surface area contributed by atoms with E-state index in [2.05, 4.69) is 46.7 Å². The van der Waals surface area contributed by atoms with E-state index in [1.165, 1.54) is 17.3 Å². The molecule has 1 N–H and O–H groups in total. The van der Waals surface area contributed by atoms with Gasteiger partial charge in [-0.1, -0.05) is 31.2 Å². The van der Waals surface area contributed by atoms with Gasteiger partial charge in [0.25, 0.3) is 0 Å². The molecule has 0 saturated carbocycles. The lowest BCUT2D eigenvalue weighted by molar-refractivity contribution is -0.113. The molecule has 0 spiro atoms. The van der Waals surface area contributed by atoms with Gasteiger partial charge in [-0.15, -0.1) is 10.2 Å². The molecule has 4 aromatic rings. The maximum atomic E-state index is 13.0. The summed E-state index contributed by atoms with van der Waals surface area (Å²) >= 11 is 1.32. The number of fused-ring (bicyclic) bond motifs is 3. The fourth-order valence-corrected chi connectivity index (χ4v) is 7.32. The van der Waals surface area contributed by atoms with E-state index in [0.29, 0.717) is 17.4 Å². The zero-order valence-electron chi connectivity index (χ0n) is 21.3. The van der Waals surface area contributed by atoms with Gasteiger partial charge < -0.3 is 5.32 Å². The second kappa shape index (κ2) is 10.4. The molecule has 0 aliphatic carbocycles. The van der Waals surface area contributed by atoms with Crippen LogP contribution in [0.25, 0.3) is 16.6 Å². The molecular formula is C27H31N5O3S2. The molecule has 2 aromatic carbocycles. The molecule has 2 aromatic heterocycles. The average molecular weight is 538 g/mol. The lowest BCUT2D eigenvalue weighted by atomic mass is 10.1. The number of carbonyl (C=O) groups excluding carboxylic acids is 1. The van der Waals surface area contributed by atoms with Crippen LogP contribution in [0.4, 0.5) is 5.69 Å². The number of sulfonamides is 1. The van der Waals surface area contributed by atoms with Gasteiger partial charge >= 0.3 is 0 Å². The number of anilines is 1. The Morgan fingerprint density at radius 1 is 1.11 bits per heavy atom. The first-order chi connectivity index (χ1) is 17.8. The third kappa shape index (κ3) is 5.10. The van der Waals surface area contributed by atoms with Crippen molar-refractivity contribution in [1.29, 1.82) is 0 Å². The Bertz CT molecular complexity index is 1560. The summed E-state index contributed by atoms with van der Waals surface area (Å²) in [7, 11) is -3.54. The van der Waals surface area contributed by atoms with Gasteiger partial charge in [0.2, 0.25) is 15.9 Å². The van der Waals surface area contributed by atoms with Gasteiger partial charge in [0.05, 0.1) is 16.2 Å². The lowest BCUT2D eigenvalue weighted by Crippen LogP contribution is -2.41. The maximum Gasteiger partial charge on any atom is 0.243 e. The minimum absolute atomic E-state index is 0.00186. The average Bonchev–Trinajstić information content (AvgIpc) is 3.32. The maximum absolute atomic E-state index is 13.0. The molecule has 3 heterocycles. The number of piperidine rings is 1. The minimum atomic E-state index is -3.54. The van der Waals surface area contributed by atoms with Gasteiger partial charge in [0, 0.05) is 18.3 Å². The third-order valence-corrected chi connectivity index (χ3v) is 9.87. The molecule has 10 heteroatoms. The fraction of sp³-hybridized carbons (Fsp3) is 0.370. The Balaban J connectivity index is 1.28. The van der Waals surface area contributed by atoms with E-state index >= 15 is 0 Å². The summed E-state index contributed by atoms with van der Waals surface area (Å²) in [6, 6.07) is 14.9. The van der Waals surface area contributed by atoms with Crippen LogP contribution < -0.4 is 5.32 Å². The first-order valence-electron chi connectivity index (χ1n) is 12.6. The van der Waals surface area contributed by atoms with Gasteiger partial charge in [-0.25, -0.2) is 8.42 Å². The number of nitrogens with zero attached hydrogens (tertiary/aromatic N) is 4. The van der Waals surface area contributed by atoms with Crippen LogP contribution >= 0.6 is 11.8 Å². The Hall–Kier alpha value is -2.95. The number of benzene rings is 2. The molecule has 0 unspecified atom stereocenters. The zero-order valence-corrected chi connectivity index (χ0v) is 22.9. The number of pyridine rings is 1. The van der Waals surface area contributed by atoms with Crippen molar-refractivity contribution in [1.82, 2.24) is 18.9 Å². The van der Waals surface area contributed by atoms with Crippen molar-refractivity contribution in [2.24, 2.45) is 0 Å². The Morgan fingerprint density at radius 2 is 1.89 bits per heavy atom. The normalized spacial score (nSPS) is 16.9. The van der Waals surface area contributed by atoms with Crippen LogP contribution in [0.2, 0.25) is 0 Å². The van der Waals surface area contributed by atoms with E-state index in [4.69, 9.17) is 0 Å². The van der Waals surface area contributed by atoms with Crippen LogP contribution in [0.5, 0.6) is 0 Å². The highest BCUT2D eigenvalue weighted by Gasteiger charge is 2.30. The summed E-state index contributed by atoms with van der Waals surface area (Å²) in [5.41, 5.74) is 4.62. The van der Waals surface area contributed by atoms with Gasteiger partial charge in [0.1, 0.15) is 0 Å². The number of amides is 1. The second-order valence-electron chi connectivity index (χ2n) is 9.54. The quantitative estimate of drug-likeness (QED) is 0.332. The van der Waals surface area contributed by atoms with Crippen molar-refractivity contribution >= 4 is 49.9 Å². The molecular weight excluding hydrogens is 506 g/mol. The van der Waals surface area contributed by atoms with E-state index in [1.54, 1.807) is 28.6 Å². The fourth-order valence-electron chi connectivity index (χ4n) is 4.88. The number of hydrogen-bond acceptors (Lipinski definition) is 6. The minimum Gasteiger partial charge on any atom is -0.325 e. The van der Waals surface area contributed by atoms with Gasteiger partial charge in [0.15, 0.2) is 10.8 Å². The molecule has 1 amide bonds. The van der Waals surface area contributed by atoms with Crippen molar-refractivity contribution in [3.63, 3.8) is 0 Å². The van der Waals surface area contributed by atoms with Gasteiger partial charge in [-0.3, -0.25) is 9.20 Å². The first-order valence-corrected chi connectivity index (χ1v) is 15.0. The standard InChI is InChI=1S/C27H31N5O3S2/c1-4-20-8-13-24-21(16-20)15-18(2)26-29-30-27(32(24)26)36-17-25(33)28-22-9-11-23(12-10-22)37(34,35)31-14-6-5-7-19(31)3/h8-13,15-16,19H,4-7,14,17H2,1-3H3,(H,28,33)/t19-/m0/s1. The van der Waals surface area contributed by atoms with Gasteiger partial charge in [-0.05, 0) is 92.1 Å². The number of rotatable bonds is 7. The van der Waals surface area contributed by atoms with Crippen LogP contribution in [0.15, 0.2) is 58.6 Å². The molecule has 1 aliphatic rings. The second-order valence-corrected chi connectivity index (χ2v) is 12.4. The van der Waals surface area contributed by atoms with Crippen molar-refractivity contribution in [2.45, 2.75) is 62.5 Å². The molecule has 0 bridgehead atoms. The Morgan fingerprint density at radius 3 is 2.62 bits per heavy atom. The summed E-state index contributed by atoms with van der Waals surface area (Å²) in [6.07, 6.45) is 3.77. The van der Waals surface area contributed by atoms with Crippen molar-refractivity contribution in [3.8, 4) is 0 Å². The van der Waals surface area contributed by atoms with E-state index in [0.717, 1.165) is 47.8 Å². The highest BCUT2D eigenvalue weighted by atomic mass is 32.2. The number of nitrogens with one attached hydrogen (secondary N) is 1. The molecule has 5 rings (SSSR count). The third-order valence-electron chi connectivity index (χ3n) is 6.92. The lowest BCUT2D eigenvalue weighted by Gasteiger charge is -2.32. The molecule has 0 radical (unpaired) electrons. The van der Waals surface area contributed by atoms with Crippen LogP contribution in [0.3, 0.4) is 0 Å². The topological polar surface area (TPSA) is 96.7 Å². The summed E-state index contributed by atoms with van der Waals surface area (Å²) in [4.78, 5) is 13.0. The molecule has 194 valence electrons. The van der Waals surface area contributed by atoms with Gasteiger partial charge in [-0.2, -0.15) is 4.31 Å². The highest BCUT2D eigenvalue weighted by Crippen LogP contribution is 2.28. The predicted molar refractivity (Wildman–Crippen MR) is 148 cm³/mol. The summed E-state index contributed by atoms with van der Waals surface area (Å²) < 4.78 is 29.7. The van der Waals surface area contributed by atoms with E-state index < -0.39 is 10.0 Å². The first kappa shape index (κ1) is 25.7. The number of aromatic nitrogens is 3. The smallest absolute Gasteiger partial charge is 0.243 e. The SMILES string of the molecule is CCc1ccc2c(c1)cc(C)c1nnc(SCC(=O)Nc3ccc(S(=O)(=O)N4CCCC[C@@H]4C)cc3)n12. The highest BCUT2D eigenvalue weighted by molar-refractivity contribution is 7.99. The number of thioether (sulfide) groups is 1.